The SMILES string of the molecule is Cc1cccc(Oc2ccc(S(=O)(=O)N3CCCCC3)cc2NC(=O)/C=C/c2cscn2)c1. The zero-order chi connectivity index (χ0) is 23.3. The standard InChI is InChI=1S/C24H25N3O4S2/c1-18-6-5-7-20(14-18)31-23-10-9-21(33(29,30)27-12-3-2-4-13-27)15-22(23)26-24(28)11-8-19-16-32-17-25-19/h5-11,14-17H,2-4,12-13H2,1H3,(H,26,28)/b11-8+. The summed E-state index contributed by atoms with van der Waals surface area (Å²) >= 11 is 1.43. The lowest BCUT2D eigenvalue weighted by molar-refractivity contribution is -0.111. The van der Waals surface area contributed by atoms with Crippen molar-refractivity contribution >= 4 is 39.0 Å². The zero-order valence-corrected chi connectivity index (χ0v) is 19.9. The molecule has 1 aliphatic heterocycles. The molecule has 0 aliphatic carbocycles. The van der Waals surface area contributed by atoms with Crippen LogP contribution in [0.5, 0.6) is 11.5 Å². The van der Waals surface area contributed by atoms with Gasteiger partial charge in [-0.2, -0.15) is 4.31 Å². The number of amides is 1. The Kier molecular flexibility index (Phi) is 7.22. The van der Waals surface area contributed by atoms with Gasteiger partial charge < -0.3 is 10.1 Å². The maximum absolute atomic E-state index is 13.2. The third kappa shape index (κ3) is 5.87. The molecule has 33 heavy (non-hydrogen) atoms. The number of hydrogen-bond acceptors (Lipinski definition) is 6. The third-order valence-corrected chi connectivity index (χ3v) is 7.74. The van der Waals surface area contributed by atoms with Crippen molar-refractivity contribution in [1.29, 1.82) is 0 Å². The van der Waals surface area contributed by atoms with Crippen LogP contribution in [0.1, 0.15) is 30.5 Å². The van der Waals surface area contributed by atoms with Gasteiger partial charge in [0.1, 0.15) is 5.75 Å². The van der Waals surface area contributed by atoms with Crippen molar-refractivity contribution in [2.24, 2.45) is 0 Å². The molecule has 7 nitrogen and oxygen atoms in total. The highest BCUT2D eigenvalue weighted by molar-refractivity contribution is 7.89. The first-order chi connectivity index (χ1) is 15.9. The zero-order valence-electron chi connectivity index (χ0n) is 18.2. The minimum Gasteiger partial charge on any atom is -0.455 e. The first-order valence-corrected chi connectivity index (χ1v) is 13.1. The Labute approximate surface area is 197 Å². The van der Waals surface area contributed by atoms with Gasteiger partial charge in [-0.3, -0.25) is 4.79 Å². The molecular formula is C24H25N3O4S2. The molecular weight excluding hydrogens is 458 g/mol. The van der Waals surface area contributed by atoms with Gasteiger partial charge >= 0.3 is 0 Å². The lowest BCUT2D eigenvalue weighted by atomic mass is 10.2. The van der Waals surface area contributed by atoms with Crippen LogP contribution in [0.3, 0.4) is 0 Å². The molecule has 1 N–H and O–H groups in total. The summed E-state index contributed by atoms with van der Waals surface area (Å²) in [5.41, 5.74) is 3.66. The summed E-state index contributed by atoms with van der Waals surface area (Å²) < 4.78 is 33.8. The van der Waals surface area contributed by atoms with E-state index in [2.05, 4.69) is 10.3 Å². The average Bonchev–Trinajstić information content (AvgIpc) is 3.33. The van der Waals surface area contributed by atoms with E-state index in [9.17, 15) is 13.2 Å². The van der Waals surface area contributed by atoms with Gasteiger partial charge in [-0.05, 0) is 61.7 Å². The fourth-order valence-electron chi connectivity index (χ4n) is 3.56. The Bertz CT molecular complexity index is 1250. The molecule has 0 bridgehead atoms. The summed E-state index contributed by atoms with van der Waals surface area (Å²) in [4.78, 5) is 16.8. The number of aromatic nitrogens is 1. The molecule has 1 amide bonds. The van der Waals surface area contributed by atoms with Gasteiger partial charge in [-0.25, -0.2) is 13.4 Å². The number of rotatable bonds is 7. The van der Waals surface area contributed by atoms with E-state index >= 15 is 0 Å². The second-order valence-electron chi connectivity index (χ2n) is 7.78. The van der Waals surface area contributed by atoms with Crippen molar-refractivity contribution < 1.29 is 17.9 Å². The largest absolute Gasteiger partial charge is 0.455 e. The van der Waals surface area contributed by atoms with Gasteiger partial charge in [0.2, 0.25) is 15.9 Å². The number of benzene rings is 2. The third-order valence-electron chi connectivity index (χ3n) is 5.24. The molecule has 1 saturated heterocycles. The fraction of sp³-hybridized carbons (Fsp3) is 0.250. The van der Waals surface area contributed by atoms with Crippen molar-refractivity contribution in [1.82, 2.24) is 9.29 Å². The highest BCUT2D eigenvalue weighted by Crippen LogP contribution is 2.33. The van der Waals surface area contributed by atoms with Crippen molar-refractivity contribution in [3.8, 4) is 11.5 Å². The Hall–Kier alpha value is -3.01. The summed E-state index contributed by atoms with van der Waals surface area (Å²) in [5, 5.41) is 4.59. The summed E-state index contributed by atoms with van der Waals surface area (Å²) in [6, 6.07) is 12.1. The minimum atomic E-state index is -3.66. The molecule has 4 rings (SSSR count). The monoisotopic (exact) mass is 483 g/mol. The number of hydrogen-bond donors (Lipinski definition) is 1. The fourth-order valence-corrected chi connectivity index (χ4v) is 5.62. The van der Waals surface area contributed by atoms with Crippen LogP contribution in [-0.4, -0.2) is 36.7 Å². The Morgan fingerprint density at radius 3 is 2.70 bits per heavy atom. The van der Waals surface area contributed by atoms with Crippen molar-refractivity contribution in [2.75, 3.05) is 18.4 Å². The number of carbonyl (C=O) groups is 1. The van der Waals surface area contributed by atoms with Crippen LogP contribution in [0.4, 0.5) is 5.69 Å². The van der Waals surface area contributed by atoms with Crippen molar-refractivity contribution in [2.45, 2.75) is 31.1 Å². The van der Waals surface area contributed by atoms with E-state index in [1.54, 1.807) is 23.7 Å². The van der Waals surface area contributed by atoms with Gasteiger partial charge in [-0.15, -0.1) is 11.3 Å². The maximum atomic E-state index is 13.2. The molecule has 0 atom stereocenters. The quantitative estimate of drug-likeness (QED) is 0.474. The lowest BCUT2D eigenvalue weighted by Crippen LogP contribution is -2.35. The van der Waals surface area contributed by atoms with E-state index in [-0.39, 0.29) is 10.6 Å². The van der Waals surface area contributed by atoms with E-state index in [1.165, 1.54) is 33.9 Å². The predicted octanol–water partition coefficient (Wildman–Crippen LogP) is 5.07. The topological polar surface area (TPSA) is 88.6 Å². The molecule has 9 heteroatoms. The normalized spacial score (nSPS) is 14.9. The average molecular weight is 484 g/mol. The van der Waals surface area contributed by atoms with E-state index in [0.29, 0.717) is 30.3 Å². The molecule has 1 fully saturated rings. The van der Waals surface area contributed by atoms with E-state index in [0.717, 1.165) is 24.8 Å². The summed E-state index contributed by atoms with van der Waals surface area (Å²) in [6.07, 6.45) is 5.68. The van der Waals surface area contributed by atoms with Crippen LogP contribution in [0.15, 0.2) is 64.3 Å². The smallest absolute Gasteiger partial charge is 0.248 e. The van der Waals surface area contributed by atoms with Gasteiger partial charge in [0.05, 0.1) is 21.8 Å². The van der Waals surface area contributed by atoms with E-state index < -0.39 is 15.9 Å². The number of carbonyl (C=O) groups excluding carboxylic acids is 1. The first-order valence-electron chi connectivity index (χ1n) is 10.7. The van der Waals surface area contributed by atoms with Crippen LogP contribution in [0.2, 0.25) is 0 Å². The second kappa shape index (κ2) is 10.3. The number of piperidine rings is 1. The van der Waals surface area contributed by atoms with Gasteiger partial charge in [-0.1, -0.05) is 18.6 Å². The van der Waals surface area contributed by atoms with Crippen LogP contribution < -0.4 is 10.1 Å². The molecule has 2 heterocycles. The molecule has 0 radical (unpaired) electrons. The molecule has 0 saturated carbocycles. The van der Waals surface area contributed by atoms with Crippen molar-refractivity contribution in [3.05, 3.63) is 70.7 Å². The van der Waals surface area contributed by atoms with E-state index in [1.807, 2.05) is 30.5 Å². The van der Waals surface area contributed by atoms with Gasteiger partial charge in [0, 0.05) is 24.5 Å². The molecule has 1 aromatic heterocycles. The molecule has 3 aromatic rings. The Morgan fingerprint density at radius 2 is 1.97 bits per heavy atom. The number of ether oxygens (including phenoxy) is 1. The summed E-state index contributed by atoms with van der Waals surface area (Å²) in [5.74, 6) is 0.536. The maximum Gasteiger partial charge on any atom is 0.248 e. The first kappa shape index (κ1) is 23.2. The molecule has 172 valence electrons. The van der Waals surface area contributed by atoms with Crippen LogP contribution in [0, 0.1) is 6.92 Å². The highest BCUT2D eigenvalue weighted by Gasteiger charge is 2.27. The lowest BCUT2D eigenvalue weighted by Gasteiger charge is -2.26. The van der Waals surface area contributed by atoms with Crippen LogP contribution in [0.25, 0.3) is 6.08 Å². The second-order valence-corrected chi connectivity index (χ2v) is 10.4. The molecule has 0 spiro atoms. The van der Waals surface area contributed by atoms with Gasteiger partial charge in [0.15, 0.2) is 5.75 Å². The summed E-state index contributed by atoms with van der Waals surface area (Å²) in [7, 11) is -3.66. The number of sulfonamides is 1. The summed E-state index contributed by atoms with van der Waals surface area (Å²) in [6.45, 7) is 2.96. The van der Waals surface area contributed by atoms with Crippen LogP contribution >= 0.6 is 11.3 Å². The van der Waals surface area contributed by atoms with E-state index in [4.69, 9.17) is 4.74 Å². The highest BCUT2D eigenvalue weighted by atomic mass is 32.2. The molecule has 2 aromatic carbocycles. The molecule has 0 unspecified atom stereocenters. The Balaban J connectivity index is 1.64. The van der Waals surface area contributed by atoms with Crippen LogP contribution in [-0.2, 0) is 14.8 Å². The number of anilines is 1. The molecule has 1 aliphatic rings. The minimum absolute atomic E-state index is 0.125. The number of nitrogens with one attached hydrogen (secondary N) is 1. The predicted molar refractivity (Wildman–Crippen MR) is 130 cm³/mol. The number of nitrogens with zero attached hydrogens (tertiary/aromatic N) is 2. The Morgan fingerprint density at radius 1 is 1.15 bits per heavy atom. The van der Waals surface area contributed by atoms with Crippen molar-refractivity contribution in [3.63, 3.8) is 0 Å². The van der Waals surface area contributed by atoms with Gasteiger partial charge in [0.25, 0.3) is 0 Å². The number of thiazole rings is 1. The number of aryl methyl sites for hydroxylation is 1.